The Labute approximate surface area is 111 Å². The third kappa shape index (κ3) is 3.95. The third-order valence-corrected chi connectivity index (χ3v) is 4.11. The summed E-state index contributed by atoms with van der Waals surface area (Å²) >= 11 is 0. The van der Waals surface area contributed by atoms with Gasteiger partial charge in [-0.3, -0.25) is 4.79 Å². The molecule has 0 aromatic carbocycles. The van der Waals surface area contributed by atoms with Crippen LogP contribution in [0, 0.1) is 5.92 Å². The van der Waals surface area contributed by atoms with Crippen molar-refractivity contribution in [1.29, 1.82) is 0 Å². The molecule has 1 rings (SSSR count). The van der Waals surface area contributed by atoms with Gasteiger partial charge in [-0.2, -0.15) is 0 Å². The van der Waals surface area contributed by atoms with Crippen molar-refractivity contribution in [2.45, 2.75) is 51.7 Å². The van der Waals surface area contributed by atoms with Crippen molar-refractivity contribution in [3.63, 3.8) is 0 Å². The summed E-state index contributed by atoms with van der Waals surface area (Å²) < 4.78 is 5.33. The van der Waals surface area contributed by atoms with Crippen molar-refractivity contribution in [2.24, 2.45) is 5.92 Å². The molecule has 0 spiro atoms. The van der Waals surface area contributed by atoms with Gasteiger partial charge < -0.3 is 15.0 Å². The Kier molecular flexibility index (Phi) is 5.60. The van der Waals surface area contributed by atoms with E-state index in [1.54, 1.807) is 7.11 Å². The number of hydrogen-bond acceptors (Lipinski definition) is 3. The Morgan fingerprint density at radius 1 is 1.50 bits per heavy atom. The van der Waals surface area contributed by atoms with E-state index in [0.29, 0.717) is 18.4 Å². The van der Waals surface area contributed by atoms with Gasteiger partial charge in [0.25, 0.3) is 0 Å². The van der Waals surface area contributed by atoms with Gasteiger partial charge in [-0.15, -0.1) is 0 Å². The summed E-state index contributed by atoms with van der Waals surface area (Å²) in [5, 5.41) is 3.36. The Morgan fingerprint density at radius 2 is 2.17 bits per heavy atom. The first-order valence-corrected chi connectivity index (χ1v) is 6.93. The van der Waals surface area contributed by atoms with Crippen LogP contribution in [0.2, 0.25) is 0 Å². The van der Waals surface area contributed by atoms with Crippen molar-refractivity contribution >= 4 is 5.91 Å². The van der Waals surface area contributed by atoms with Crippen LogP contribution in [0.3, 0.4) is 0 Å². The van der Waals surface area contributed by atoms with Gasteiger partial charge in [0.05, 0.1) is 12.0 Å². The standard InChI is InChI=1S/C14H28N2O2/c1-6-11-10-16(8-7-12(11)15-4)13(17)9-14(2,3)18-5/h11-12,15H,6-10H2,1-5H3. The normalized spacial score (nSPS) is 25.3. The van der Waals surface area contributed by atoms with Gasteiger partial charge in [-0.25, -0.2) is 0 Å². The maximum Gasteiger partial charge on any atom is 0.225 e. The number of hydrogen-bond donors (Lipinski definition) is 1. The van der Waals surface area contributed by atoms with Gasteiger partial charge in [-0.1, -0.05) is 13.3 Å². The highest BCUT2D eigenvalue weighted by molar-refractivity contribution is 5.77. The Balaban J connectivity index is 2.56. The average Bonchev–Trinajstić information content (AvgIpc) is 2.37. The van der Waals surface area contributed by atoms with Crippen molar-refractivity contribution in [2.75, 3.05) is 27.2 Å². The van der Waals surface area contributed by atoms with Gasteiger partial charge in [0.1, 0.15) is 0 Å². The van der Waals surface area contributed by atoms with Crippen molar-refractivity contribution < 1.29 is 9.53 Å². The second-order valence-corrected chi connectivity index (χ2v) is 5.83. The van der Waals surface area contributed by atoms with E-state index in [0.717, 1.165) is 25.9 Å². The first-order valence-electron chi connectivity index (χ1n) is 6.93. The van der Waals surface area contributed by atoms with Gasteiger partial charge in [-0.05, 0) is 33.2 Å². The zero-order valence-corrected chi connectivity index (χ0v) is 12.5. The fourth-order valence-electron chi connectivity index (χ4n) is 2.60. The summed E-state index contributed by atoms with van der Waals surface area (Å²) in [7, 11) is 3.67. The number of nitrogens with one attached hydrogen (secondary N) is 1. The zero-order valence-electron chi connectivity index (χ0n) is 12.5. The number of ether oxygens (including phenoxy) is 1. The average molecular weight is 256 g/mol. The first-order chi connectivity index (χ1) is 8.43. The molecule has 4 heteroatoms. The zero-order chi connectivity index (χ0) is 13.8. The SMILES string of the molecule is CCC1CN(C(=O)CC(C)(C)OC)CCC1NC. The number of piperidine rings is 1. The first kappa shape index (κ1) is 15.4. The van der Waals surface area contributed by atoms with Crippen LogP contribution >= 0.6 is 0 Å². The number of carbonyl (C=O) groups excluding carboxylic acids is 1. The van der Waals surface area contributed by atoms with Gasteiger partial charge in [0.15, 0.2) is 0 Å². The van der Waals surface area contributed by atoms with E-state index in [9.17, 15) is 4.79 Å². The number of likely N-dealkylation sites (tertiary alicyclic amines) is 1. The molecule has 2 unspecified atom stereocenters. The molecular formula is C14H28N2O2. The molecule has 18 heavy (non-hydrogen) atoms. The minimum Gasteiger partial charge on any atom is -0.378 e. The summed E-state index contributed by atoms with van der Waals surface area (Å²) in [5.74, 6) is 0.785. The topological polar surface area (TPSA) is 41.6 Å². The molecule has 1 heterocycles. The third-order valence-electron chi connectivity index (χ3n) is 4.11. The molecule has 1 amide bonds. The Hall–Kier alpha value is -0.610. The Morgan fingerprint density at radius 3 is 2.67 bits per heavy atom. The number of methoxy groups -OCH3 is 1. The monoisotopic (exact) mass is 256 g/mol. The van der Waals surface area contributed by atoms with Crippen molar-refractivity contribution in [3.05, 3.63) is 0 Å². The Bertz CT molecular complexity index is 279. The summed E-state index contributed by atoms with van der Waals surface area (Å²) in [5.41, 5.74) is -0.362. The van der Waals surface area contributed by atoms with E-state index in [4.69, 9.17) is 4.74 Å². The molecule has 0 aromatic rings. The molecule has 1 aliphatic heterocycles. The van der Waals surface area contributed by atoms with Crippen LogP contribution in [0.15, 0.2) is 0 Å². The number of carbonyl (C=O) groups is 1. The van der Waals surface area contributed by atoms with Crippen LogP contribution in [0.4, 0.5) is 0 Å². The molecule has 1 aliphatic rings. The molecule has 0 saturated carbocycles. The second-order valence-electron chi connectivity index (χ2n) is 5.83. The van der Waals surface area contributed by atoms with Crippen molar-refractivity contribution in [1.82, 2.24) is 10.2 Å². The van der Waals surface area contributed by atoms with E-state index in [1.165, 1.54) is 0 Å². The molecule has 4 nitrogen and oxygen atoms in total. The molecule has 1 N–H and O–H groups in total. The molecule has 0 bridgehead atoms. The molecule has 0 aromatic heterocycles. The van der Waals surface area contributed by atoms with Crippen LogP contribution in [0.5, 0.6) is 0 Å². The molecule has 0 radical (unpaired) electrons. The highest BCUT2D eigenvalue weighted by atomic mass is 16.5. The smallest absolute Gasteiger partial charge is 0.225 e. The van der Waals surface area contributed by atoms with E-state index >= 15 is 0 Å². The quantitative estimate of drug-likeness (QED) is 0.813. The van der Waals surface area contributed by atoms with Crippen molar-refractivity contribution in [3.8, 4) is 0 Å². The summed E-state index contributed by atoms with van der Waals surface area (Å²) in [6.07, 6.45) is 2.63. The van der Waals surface area contributed by atoms with Crippen LogP contribution in [0.1, 0.15) is 40.0 Å². The lowest BCUT2D eigenvalue weighted by atomic mass is 9.89. The minimum atomic E-state index is -0.362. The van der Waals surface area contributed by atoms with Gasteiger partial charge in [0.2, 0.25) is 5.91 Å². The molecule has 1 saturated heterocycles. The predicted molar refractivity (Wildman–Crippen MR) is 73.5 cm³/mol. The lowest BCUT2D eigenvalue weighted by Gasteiger charge is -2.39. The molecule has 106 valence electrons. The summed E-state index contributed by atoms with van der Waals surface area (Å²) in [6, 6.07) is 0.550. The molecule has 1 fully saturated rings. The highest BCUT2D eigenvalue weighted by Gasteiger charge is 2.31. The van der Waals surface area contributed by atoms with Gasteiger partial charge in [0, 0.05) is 26.2 Å². The van der Waals surface area contributed by atoms with E-state index in [1.807, 2.05) is 25.8 Å². The lowest BCUT2D eigenvalue weighted by Crippen LogP contribution is -2.51. The maximum absolute atomic E-state index is 12.3. The second kappa shape index (κ2) is 6.53. The number of rotatable bonds is 5. The van der Waals surface area contributed by atoms with E-state index in [2.05, 4.69) is 12.2 Å². The number of amides is 1. The van der Waals surface area contributed by atoms with Crippen LogP contribution in [-0.4, -0.2) is 49.7 Å². The highest BCUT2D eigenvalue weighted by Crippen LogP contribution is 2.22. The molecular weight excluding hydrogens is 228 g/mol. The summed E-state index contributed by atoms with van der Waals surface area (Å²) in [6.45, 7) is 7.86. The lowest BCUT2D eigenvalue weighted by molar-refractivity contribution is -0.138. The van der Waals surface area contributed by atoms with Crippen LogP contribution in [0.25, 0.3) is 0 Å². The molecule has 2 atom stereocenters. The molecule has 0 aliphatic carbocycles. The summed E-state index contributed by atoms with van der Waals surface area (Å²) in [4.78, 5) is 14.3. The number of nitrogens with zero attached hydrogens (tertiary/aromatic N) is 1. The predicted octanol–water partition coefficient (Wildman–Crippen LogP) is 1.65. The van der Waals surface area contributed by atoms with Gasteiger partial charge >= 0.3 is 0 Å². The maximum atomic E-state index is 12.3. The fourth-order valence-corrected chi connectivity index (χ4v) is 2.60. The minimum absolute atomic E-state index is 0.217. The van der Waals surface area contributed by atoms with Crippen LogP contribution in [-0.2, 0) is 9.53 Å². The van der Waals surface area contributed by atoms with E-state index in [-0.39, 0.29) is 11.5 Å². The largest absolute Gasteiger partial charge is 0.378 e. The van der Waals surface area contributed by atoms with E-state index < -0.39 is 0 Å². The fraction of sp³-hybridized carbons (Fsp3) is 0.929. The van der Waals surface area contributed by atoms with Crippen LogP contribution < -0.4 is 5.32 Å².